The van der Waals surface area contributed by atoms with Crippen LogP contribution in [0.3, 0.4) is 0 Å². The quantitative estimate of drug-likeness (QED) is 0.285. The Morgan fingerprint density at radius 3 is 2.41 bits per heavy atom. The normalized spacial score (nSPS) is 11.2. The number of amides is 1. The number of carbonyl (C=O) groups excluding carboxylic acids is 1. The van der Waals surface area contributed by atoms with E-state index in [1.165, 1.54) is 63.3 Å². The Kier molecular flexibility index (Phi) is 10.2. The molecule has 1 amide bonds. The van der Waals surface area contributed by atoms with E-state index in [9.17, 15) is 4.79 Å². The van der Waals surface area contributed by atoms with Crippen LogP contribution in [0.25, 0.3) is 11.0 Å². The lowest BCUT2D eigenvalue weighted by Crippen LogP contribution is -2.25. The van der Waals surface area contributed by atoms with Gasteiger partial charge in [0.1, 0.15) is 5.82 Å². The Morgan fingerprint density at radius 1 is 0.906 bits per heavy atom. The fourth-order valence-electron chi connectivity index (χ4n) is 4.19. The maximum atomic E-state index is 12.2. The highest BCUT2D eigenvalue weighted by atomic mass is 16.1. The number of aromatic nitrogens is 3. The van der Waals surface area contributed by atoms with Gasteiger partial charge in [0.05, 0.1) is 16.6 Å². The van der Waals surface area contributed by atoms with E-state index in [1.54, 1.807) is 24.5 Å². The highest BCUT2D eigenvalue weighted by Gasteiger charge is 2.11. The number of unbranched alkanes of at least 4 members (excludes halogenated alkanes) is 8. The zero-order valence-corrected chi connectivity index (χ0v) is 19.6. The second kappa shape index (κ2) is 13.7. The van der Waals surface area contributed by atoms with E-state index < -0.39 is 0 Å². The lowest BCUT2D eigenvalue weighted by atomic mass is 10.1. The number of para-hydroxylation sites is 2. The average molecular weight is 435 g/mol. The molecule has 0 bridgehead atoms. The lowest BCUT2D eigenvalue weighted by molar-refractivity contribution is 0.0952. The number of fused-ring (bicyclic) bond motifs is 1. The molecule has 0 fully saturated rings. The maximum Gasteiger partial charge on any atom is 0.252 e. The number of nitrogens with one attached hydrogen (secondary N) is 1. The molecule has 2 aromatic heterocycles. The fourth-order valence-corrected chi connectivity index (χ4v) is 4.19. The van der Waals surface area contributed by atoms with Gasteiger partial charge >= 0.3 is 0 Å². The number of rotatable bonds is 15. The van der Waals surface area contributed by atoms with Crippen LogP contribution in [0.15, 0.2) is 48.8 Å². The average Bonchev–Trinajstić information content (AvgIpc) is 3.18. The van der Waals surface area contributed by atoms with Crippen molar-refractivity contribution in [3.05, 3.63) is 60.2 Å². The van der Waals surface area contributed by atoms with Crippen molar-refractivity contribution in [2.24, 2.45) is 0 Å². The van der Waals surface area contributed by atoms with Crippen LogP contribution in [-0.2, 0) is 13.0 Å². The number of carbonyl (C=O) groups is 1. The number of nitrogens with zero attached hydrogens (tertiary/aromatic N) is 3. The second-order valence-corrected chi connectivity index (χ2v) is 8.60. The monoisotopic (exact) mass is 434 g/mol. The first-order valence-electron chi connectivity index (χ1n) is 12.4. The van der Waals surface area contributed by atoms with Crippen LogP contribution in [-0.4, -0.2) is 27.0 Å². The summed E-state index contributed by atoms with van der Waals surface area (Å²) in [7, 11) is 0. The first kappa shape index (κ1) is 24.0. The molecule has 0 saturated heterocycles. The Labute approximate surface area is 192 Å². The van der Waals surface area contributed by atoms with Gasteiger partial charge in [-0.25, -0.2) is 4.98 Å². The van der Waals surface area contributed by atoms with Gasteiger partial charge in [-0.05, 0) is 37.1 Å². The smallest absolute Gasteiger partial charge is 0.252 e. The summed E-state index contributed by atoms with van der Waals surface area (Å²) in [6, 6.07) is 12.0. The molecule has 32 heavy (non-hydrogen) atoms. The SMILES string of the molecule is CCCCCCCCCCCn1c(CCCNC(=O)c2cccnc2)nc2ccccc21. The largest absolute Gasteiger partial charge is 0.352 e. The Bertz CT molecular complexity index is 935. The van der Waals surface area contributed by atoms with Crippen LogP contribution in [0.4, 0.5) is 0 Å². The van der Waals surface area contributed by atoms with Crippen molar-refractivity contribution >= 4 is 16.9 Å². The molecule has 0 aliphatic heterocycles. The van der Waals surface area contributed by atoms with Gasteiger partial charge in [0.25, 0.3) is 5.91 Å². The molecule has 3 rings (SSSR count). The predicted molar refractivity (Wildman–Crippen MR) is 132 cm³/mol. The standard InChI is InChI=1S/C27H38N4O/c1-2-3-4-5-6-7-8-9-12-21-31-25-17-11-10-16-24(25)30-26(31)18-14-20-29-27(32)23-15-13-19-28-22-23/h10-11,13,15-17,19,22H,2-9,12,14,18,20-21H2,1H3,(H,29,32). The van der Waals surface area contributed by atoms with Crippen molar-refractivity contribution in [1.82, 2.24) is 19.9 Å². The van der Waals surface area contributed by atoms with Crippen molar-refractivity contribution in [3.63, 3.8) is 0 Å². The summed E-state index contributed by atoms with van der Waals surface area (Å²) in [6.45, 7) is 3.93. The number of hydrogen-bond donors (Lipinski definition) is 1. The van der Waals surface area contributed by atoms with Gasteiger partial charge in [0.15, 0.2) is 0 Å². The Balaban J connectivity index is 1.44. The van der Waals surface area contributed by atoms with E-state index in [0.29, 0.717) is 12.1 Å². The fraction of sp³-hybridized carbons (Fsp3) is 0.519. The molecule has 0 saturated carbocycles. The summed E-state index contributed by atoms with van der Waals surface area (Å²) in [5.74, 6) is 1.06. The number of pyridine rings is 1. The molecular weight excluding hydrogens is 396 g/mol. The van der Waals surface area contributed by atoms with Gasteiger partial charge in [-0.3, -0.25) is 9.78 Å². The predicted octanol–water partition coefficient (Wildman–Crippen LogP) is 6.32. The van der Waals surface area contributed by atoms with Gasteiger partial charge in [-0.1, -0.05) is 70.4 Å². The van der Waals surface area contributed by atoms with Crippen LogP contribution in [0.2, 0.25) is 0 Å². The van der Waals surface area contributed by atoms with Crippen molar-refractivity contribution < 1.29 is 4.79 Å². The molecule has 2 heterocycles. The van der Waals surface area contributed by atoms with Crippen molar-refractivity contribution in [2.75, 3.05) is 6.54 Å². The van der Waals surface area contributed by atoms with Gasteiger partial charge in [0, 0.05) is 31.9 Å². The third kappa shape index (κ3) is 7.47. The van der Waals surface area contributed by atoms with Crippen molar-refractivity contribution in [1.29, 1.82) is 0 Å². The van der Waals surface area contributed by atoms with E-state index in [4.69, 9.17) is 4.98 Å². The molecule has 172 valence electrons. The summed E-state index contributed by atoms with van der Waals surface area (Å²) in [5.41, 5.74) is 2.89. The summed E-state index contributed by atoms with van der Waals surface area (Å²) in [5, 5.41) is 2.99. The molecule has 0 atom stereocenters. The van der Waals surface area contributed by atoms with E-state index in [1.807, 2.05) is 0 Å². The third-order valence-corrected chi connectivity index (χ3v) is 6.01. The highest BCUT2D eigenvalue weighted by Crippen LogP contribution is 2.19. The van der Waals surface area contributed by atoms with E-state index >= 15 is 0 Å². The number of benzene rings is 1. The van der Waals surface area contributed by atoms with Crippen molar-refractivity contribution in [2.45, 2.75) is 84.1 Å². The van der Waals surface area contributed by atoms with Gasteiger partial charge in [-0.15, -0.1) is 0 Å². The minimum absolute atomic E-state index is 0.0682. The van der Waals surface area contributed by atoms with Crippen molar-refractivity contribution in [3.8, 4) is 0 Å². The Hall–Kier alpha value is -2.69. The van der Waals surface area contributed by atoms with Crippen LogP contribution >= 0.6 is 0 Å². The molecule has 5 nitrogen and oxygen atoms in total. The molecule has 0 aliphatic carbocycles. The number of imidazole rings is 1. The van der Waals surface area contributed by atoms with Crippen LogP contribution in [0.1, 0.15) is 87.3 Å². The zero-order valence-electron chi connectivity index (χ0n) is 19.6. The number of aryl methyl sites for hydroxylation is 2. The first-order valence-corrected chi connectivity index (χ1v) is 12.4. The van der Waals surface area contributed by atoms with Crippen LogP contribution in [0, 0.1) is 0 Å². The van der Waals surface area contributed by atoms with Crippen LogP contribution in [0.5, 0.6) is 0 Å². The molecule has 1 N–H and O–H groups in total. The molecule has 1 aromatic carbocycles. The molecule has 0 aliphatic rings. The minimum atomic E-state index is -0.0682. The second-order valence-electron chi connectivity index (χ2n) is 8.60. The lowest BCUT2D eigenvalue weighted by Gasteiger charge is -2.10. The minimum Gasteiger partial charge on any atom is -0.352 e. The third-order valence-electron chi connectivity index (χ3n) is 6.01. The van der Waals surface area contributed by atoms with E-state index in [2.05, 4.69) is 46.1 Å². The summed E-state index contributed by atoms with van der Waals surface area (Å²) < 4.78 is 2.39. The topological polar surface area (TPSA) is 59.8 Å². The summed E-state index contributed by atoms with van der Waals surface area (Å²) in [6.07, 6.45) is 17.0. The van der Waals surface area contributed by atoms with E-state index in [-0.39, 0.29) is 5.91 Å². The molecular formula is C27H38N4O. The summed E-state index contributed by atoms with van der Waals surface area (Å²) in [4.78, 5) is 21.1. The van der Waals surface area contributed by atoms with Gasteiger partial charge < -0.3 is 9.88 Å². The van der Waals surface area contributed by atoms with Gasteiger partial charge in [0.2, 0.25) is 0 Å². The molecule has 5 heteroatoms. The maximum absolute atomic E-state index is 12.2. The molecule has 3 aromatic rings. The molecule has 0 unspecified atom stereocenters. The number of hydrogen-bond acceptors (Lipinski definition) is 3. The first-order chi connectivity index (χ1) is 15.8. The Morgan fingerprint density at radius 2 is 1.66 bits per heavy atom. The summed E-state index contributed by atoms with van der Waals surface area (Å²) >= 11 is 0. The van der Waals surface area contributed by atoms with Crippen LogP contribution < -0.4 is 5.32 Å². The van der Waals surface area contributed by atoms with E-state index in [0.717, 1.165) is 30.7 Å². The van der Waals surface area contributed by atoms with Gasteiger partial charge in [-0.2, -0.15) is 0 Å². The highest BCUT2D eigenvalue weighted by molar-refractivity contribution is 5.93. The molecule has 0 spiro atoms. The molecule has 0 radical (unpaired) electrons. The zero-order chi connectivity index (χ0) is 22.4.